The number of carboxylic acids is 1. The summed E-state index contributed by atoms with van der Waals surface area (Å²) in [6.07, 6.45) is 6.97. The lowest BCUT2D eigenvalue weighted by Crippen LogP contribution is -2.04. The van der Waals surface area contributed by atoms with Crippen molar-refractivity contribution in [3.05, 3.63) is 65.5 Å². The van der Waals surface area contributed by atoms with Crippen LogP contribution in [0.25, 0.3) is 6.08 Å². The zero-order chi connectivity index (χ0) is 15.1. The third-order valence-electron chi connectivity index (χ3n) is 3.01. The lowest BCUT2D eigenvalue weighted by atomic mass is 10.1. The van der Waals surface area contributed by atoms with Crippen LogP contribution in [0.3, 0.4) is 0 Å². The van der Waals surface area contributed by atoms with Crippen molar-refractivity contribution in [2.75, 3.05) is 6.61 Å². The lowest BCUT2D eigenvalue weighted by molar-refractivity contribution is -0.131. The molecule has 2 rings (SSSR count). The molecule has 0 radical (unpaired) electrons. The fourth-order valence-electron chi connectivity index (χ4n) is 1.98. The van der Waals surface area contributed by atoms with Crippen LogP contribution in [0.1, 0.15) is 16.7 Å². The third-order valence-corrected chi connectivity index (χ3v) is 3.01. The van der Waals surface area contributed by atoms with Crippen LogP contribution in [0.5, 0.6) is 5.75 Å². The Bertz CT molecular complexity index is 636. The Labute approximate surface area is 123 Å². The number of para-hydroxylation sites is 1. The van der Waals surface area contributed by atoms with E-state index in [-0.39, 0.29) is 0 Å². The molecule has 0 bridgehead atoms. The van der Waals surface area contributed by atoms with Crippen molar-refractivity contribution >= 4 is 12.0 Å². The minimum absolute atomic E-state index is 0.518. The maximum Gasteiger partial charge on any atom is 0.328 e. The number of carboxylic acid groups (broad SMARTS) is 1. The molecule has 0 saturated heterocycles. The Kier molecular flexibility index (Phi) is 5.10. The minimum atomic E-state index is -0.974. The topological polar surface area (TPSA) is 59.4 Å². The molecule has 0 atom stereocenters. The van der Waals surface area contributed by atoms with E-state index in [2.05, 4.69) is 4.98 Å². The molecule has 0 fully saturated rings. The maximum atomic E-state index is 10.6. The van der Waals surface area contributed by atoms with Gasteiger partial charge in [0.05, 0.1) is 6.61 Å². The van der Waals surface area contributed by atoms with Crippen LogP contribution in [0, 0.1) is 6.92 Å². The molecule has 0 aliphatic rings. The van der Waals surface area contributed by atoms with Gasteiger partial charge in [-0.15, -0.1) is 0 Å². The molecular formula is C17H17NO3. The SMILES string of the molecule is Cc1cccc(/C=C/C(=O)O)c1OCCc1cccnc1. The van der Waals surface area contributed by atoms with E-state index in [9.17, 15) is 4.79 Å². The van der Waals surface area contributed by atoms with Crippen LogP contribution in [0.4, 0.5) is 0 Å². The van der Waals surface area contributed by atoms with E-state index in [4.69, 9.17) is 9.84 Å². The van der Waals surface area contributed by atoms with Gasteiger partial charge in [-0.2, -0.15) is 0 Å². The van der Waals surface area contributed by atoms with Gasteiger partial charge >= 0.3 is 5.97 Å². The number of aliphatic carboxylic acids is 1. The summed E-state index contributed by atoms with van der Waals surface area (Å²) in [5.41, 5.74) is 2.85. The summed E-state index contributed by atoms with van der Waals surface area (Å²) in [5.74, 6) is -0.253. The first-order chi connectivity index (χ1) is 10.2. The average Bonchev–Trinajstić information content (AvgIpc) is 2.48. The molecule has 0 amide bonds. The number of nitrogens with zero attached hydrogens (tertiary/aromatic N) is 1. The van der Waals surface area contributed by atoms with Crippen molar-refractivity contribution in [1.82, 2.24) is 4.98 Å². The zero-order valence-electron chi connectivity index (χ0n) is 11.8. The van der Waals surface area contributed by atoms with Gasteiger partial charge in [0.1, 0.15) is 5.75 Å². The maximum absolute atomic E-state index is 10.6. The van der Waals surface area contributed by atoms with Crippen LogP contribution < -0.4 is 4.74 Å². The molecule has 1 N–H and O–H groups in total. The molecule has 0 saturated carbocycles. The summed E-state index contributed by atoms with van der Waals surface area (Å²) in [4.78, 5) is 14.7. The van der Waals surface area contributed by atoms with E-state index >= 15 is 0 Å². The fraction of sp³-hybridized carbons (Fsp3) is 0.176. The number of aromatic nitrogens is 1. The highest BCUT2D eigenvalue weighted by Crippen LogP contribution is 2.24. The van der Waals surface area contributed by atoms with Crippen molar-refractivity contribution < 1.29 is 14.6 Å². The lowest BCUT2D eigenvalue weighted by Gasteiger charge is -2.12. The standard InChI is InChI=1S/C17H17NO3/c1-13-4-2-6-15(7-8-16(19)20)17(13)21-11-9-14-5-3-10-18-12-14/h2-8,10,12H,9,11H2,1H3,(H,19,20)/b8-7+. The molecule has 4 nitrogen and oxygen atoms in total. The van der Waals surface area contributed by atoms with Crippen molar-refractivity contribution in [2.24, 2.45) is 0 Å². The predicted octanol–water partition coefficient (Wildman–Crippen LogP) is 3.11. The number of benzene rings is 1. The predicted molar refractivity (Wildman–Crippen MR) is 81.3 cm³/mol. The van der Waals surface area contributed by atoms with Gasteiger partial charge in [0.2, 0.25) is 0 Å². The van der Waals surface area contributed by atoms with Crippen molar-refractivity contribution in [3.8, 4) is 5.75 Å². The van der Waals surface area contributed by atoms with E-state index in [1.54, 1.807) is 12.3 Å². The number of pyridine rings is 1. The molecule has 1 heterocycles. The van der Waals surface area contributed by atoms with Crippen LogP contribution >= 0.6 is 0 Å². The molecule has 0 unspecified atom stereocenters. The number of rotatable bonds is 6. The number of carbonyl (C=O) groups is 1. The molecule has 108 valence electrons. The monoisotopic (exact) mass is 283 g/mol. The molecule has 0 aliphatic heterocycles. The second-order valence-electron chi connectivity index (χ2n) is 4.62. The third kappa shape index (κ3) is 4.45. The highest BCUT2D eigenvalue weighted by molar-refractivity contribution is 5.86. The summed E-state index contributed by atoms with van der Waals surface area (Å²) < 4.78 is 5.83. The van der Waals surface area contributed by atoms with Gasteiger partial charge in [0, 0.05) is 30.5 Å². The largest absolute Gasteiger partial charge is 0.492 e. The number of hydrogen-bond donors (Lipinski definition) is 1. The van der Waals surface area contributed by atoms with Crippen LogP contribution in [0.2, 0.25) is 0 Å². The van der Waals surface area contributed by atoms with E-state index in [0.717, 1.165) is 34.9 Å². The number of aryl methyl sites for hydroxylation is 1. The smallest absolute Gasteiger partial charge is 0.328 e. The van der Waals surface area contributed by atoms with Crippen LogP contribution in [-0.2, 0) is 11.2 Å². The quantitative estimate of drug-likeness (QED) is 0.827. The first-order valence-electron chi connectivity index (χ1n) is 6.69. The molecule has 2 aromatic rings. The Morgan fingerprint density at radius 3 is 2.90 bits per heavy atom. The summed E-state index contributed by atoms with van der Waals surface area (Å²) >= 11 is 0. The average molecular weight is 283 g/mol. The zero-order valence-corrected chi connectivity index (χ0v) is 11.8. The van der Waals surface area contributed by atoms with Gasteiger partial charge in [-0.1, -0.05) is 24.3 Å². The van der Waals surface area contributed by atoms with Crippen molar-refractivity contribution in [2.45, 2.75) is 13.3 Å². The molecule has 0 aliphatic carbocycles. The second kappa shape index (κ2) is 7.24. The van der Waals surface area contributed by atoms with Gasteiger partial charge < -0.3 is 9.84 Å². The first kappa shape index (κ1) is 14.8. The highest BCUT2D eigenvalue weighted by Gasteiger charge is 2.05. The Hall–Kier alpha value is -2.62. The second-order valence-corrected chi connectivity index (χ2v) is 4.62. The molecule has 0 spiro atoms. The van der Waals surface area contributed by atoms with Crippen molar-refractivity contribution in [1.29, 1.82) is 0 Å². The number of hydrogen-bond acceptors (Lipinski definition) is 3. The Morgan fingerprint density at radius 1 is 1.33 bits per heavy atom. The van der Waals surface area contributed by atoms with E-state index in [0.29, 0.717) is 6.61 Å². The van der Waals surface area contributed by atoms with Gasteiger partial charge in [0.25, 0.3) is 0 Å². The van der Waals surface area contributed by atoms with Gasteiger partial charge in [0.15, 0.2) is 0 Å². The van der Waals surface area contributed by atoms with E-state index in [1.807, 2.05) is 43.5 Å². The van der Waals surface area contributed by atoms with E-state index < -0.39 is 5.97 Å². The summed E-state index contributed by atoms with van der Waals surface area (Å²) in [7, 11) is 0. The summed E-state index contributed by atoms with van der Waals surface area (Å²) in [6, 6.07) is 9.55. The van der Waals surface area contributed by atoms with Crippen LogP contribution in [-0.4, -0.2) is 22.7 Å². The van der Waals surface area contributed by atoms with Gasteiger partial charge in [-0.05, 0) is 30.2 Å². The molecule has 4 heteroatoms. The Balaban J connectivity index is 2.06. The first-order valence-corrected chi connectivity index (χ1v) is 6.69. The molecule has 21 heavy (non-hydrogen) atoms. The number of ether oxygens (including phenoxy) is 1. The van der Waals surface area contributed by atoms with Gasteiger partial charge in [-0.3, -0.25) is 4.98 Å². The van der Waals surface area contributed by atoms with Crippen LogP contribution in [0.15, 0.2) is 48.8 Å². The van der Waals surface area contributed by atoms with Gasteiger partial charge in [-0.25, -0.2) is 4.79 Å². The highest BCUT2D eigenvalue weighted by atomic mass is 16.5. The summed E-state index contributed by atoms with van der Waals surface area (Å²) in [5, 5.41) is 8.73. The fourth-order valence-corrected chi connectivity index (χ4v) is 1.98. The van der Waals surface area contributed by atoms with Crippen molar-refractivity contribution in [3.63, 3.8) is 0 Å². The van der Waals surface area contributed by atoms with E-state index in [1.165, 1.54) is 0 Å². The Morgan fingerprint density at radius 2 is 2.19 bits per heavy atom. The molecule has 1 aromatic carbocycles. The molecular weight excluding hydrogens is 266 g/mol. The summed E-state index contributed by atoms with van der Waals surface area (Å²) in [6.45, 7) is 2.46. The normalized spacial score (nSPS) is 10.7. The molecule has 1 aromatic heterocycles. The minimum Gasteiger partial charge on any atom is -0.492 e.